The lowest BCUT2D eigenvalue weighted by molar-refractivity contribution is 0.171. The lowest BCUT2D eigenvalue weighted by atomic mass is 10.0. The molecule has 3 rings (SSSR count). The molecule has 110 valence electrons. The molecule has 0 aliphatic carbocycles. The first-order valence-electron chi connectivity index (χ1n) is 7.12. The topological polar surface area (TPSA) is 30.5 Å². The van der Waals surface area contributed by atoms with Crippen molar-refractivity contribution in [2.45, 2.75) is 12.8 Å². The fourth-order valence-corrected chi connectivity index (χ4v) is 2.82. The number of rotatable bonds is 4. The predicted octanol–water partition coefficient (Wildman–Crippen LogP) is 4.44. The van der Waals surface area contributed by atoms with Crippen molar-refractivity contribution in [3.63, 3.8) is 0 Å². The summed E-state index contributed by atoms with van der Waals surface area (Å²) in [4.78, 5) is 0. The third kappa shape index (κ3) is 3.32. The first kappa shape index (κ1) is 14.3. The Bertz CT molecular complexity index is 616. The van der Waals surface area contributed by atoms with Crippen LogP contribution < -0.4 is 14.8 Å². The van der Waals surface area contributed by atoms with Crippen LogP contribution in [-0.4, -0.2) is 19.8 Å². The van der Waals surface area contributed by atoms with E-state index in [-0.39, 0.29) is 0 Å². The highest BCUT2D eigenvalue weighted by atomic mass is 79.9. The van der Waals surface area contributed by atoms with Gasteiger partial charge in [0.05, 0.1) is 5.69 Å². The Morgan fingerprint density at radius 3 is 2.48 bits per heavy atom. The minimum Gasteiger partial charge on any atom is -0.486 e. The first-order valence-corrected chi connectivity index (χ1v) is 7.91. The van der Waals surface area contributed by atoms with Crippen LogP contribution in [0.1, 0.15) is 18.4 Å². The summed E-state index contributed by atoms with van der Waals surface area (Å²) in [5.41, 5.74) is 2.36. The van der Waals surface area contributed by atoms with Gasteiger partial charge in [-0.05, 0) is 27.4 Å². The maximum absolute atomic E-state index is 5.62. The number of fused-ring (bicyclic) bond motifs is 1. The quantitative estimate of drug-likeness (QED) is 0.886. The highest BCUT2D eigenvalue weighted by Gasteiger charge is 2.15. The van der Waals surface area contributed by atoms with E-state index in [2.05, 4.69) is 52.4 Å². The van der Waals surface area contributed by atoms with Gasteiger partial charge in [0.1, 0.15) is 13.2 Å². The molecule has 21 heavy (non-hydrogen) atoms. The van der Waals surface area contributed by atoms with E-state index in [9.17, 15) is 0 Å². The van der Waals surface area contributed by atoms with Crippen molar-refractivity contribution in [3.05, 3.63) is 52.5 Å². The maximum atomic E-state index is 5.62. The van der Waals surface area contributed by atoms with Gasteiger partial charge in [-0.2, -0.15) is 0 Å². The van der Waals surface area contributed by atoms with E-state index in [0.717, 1.165) is 28.2 Å². The molecule has 0 aromatic heterocycles. The first-order chi connectivity index (χ1) is 10.2. The summed E-state index contributed by atoms with van der Waals surface area (Å²) < 4.78 is 12.2. The molecule has 2 aromatic rings. The zero-order chi connectivity index (χ0) is 14.7. The molecule has 0 saturated carbocycles. The molecule has 0 radical (unpaired) electrons. The fourth-order valence-electron chi connectivity index (χ4n) is 2.36. The van der Waals surface area contributed by atoms with Crippen LogP contribution in [0.25, 0.3) is 0 Å². The number of nitrogens with one attached hydrogen (secondary N) is 1. The average molecular weight is 348 g/mol. The second-order valence-electron chi connectivity index (χ2n) is 5.17. The van der Waals surface area contributed by atoms with Gasteiger partial charge in [0.15, 0.2) is 11.5 Å². The summed E-state index contributed by atoms with van der Waals surface area (Å²) in [6.45, 7) is 4.29. The van der Waals surface area contributed by atoms with Crippen LogP contribution in [0.15, 0.2) is 46.9 Å². The van der Waals surface area contributed by atoms with E-state index >= 15 is 0 Å². The van der Waals surface area contributed by atoms with Crippen molar-refractivity contribution < 1.29 is 9.47 Å². The van der Waals surface area contributed by atoms with Gasteiger partial charge in [0, 0.05) is 23.2 Å². The van der Waals surface area contributed by atoms with E-state index in [1.807, 2.05) is 18.2 Å². The molecule has 0 bridgehead atoms. The van der Waals surface area contributed by atoms with E-state index < -0.39 is 0 Å². The monoisotopic (exact) mass is 347 g/mol. The molecule has 0 fully saturated rings. The Labute approximate surface area is 133 Å². The van der Waals surface area contributed by atoms with E-state index in [1.165, 1.54) is 5.56 Å². The maximum Gasteiger partial charge on any atom is 0.163 e. The lowest BCUT2D eigenvalue weighted by Crippen LogP contribution is -2.16. The third-order valence-corrected chi connectivity index (χ3v) is 4.26. The normalized spacial score (nSPS) is 14.6. The highest BCUT2D eigenvalue weighted by molar-refractivity contribution is 9.10. The van der Waals surface area contributed by atoms with Gasteiger partial charge < -0.3 is 14.8 Å². The fraction of sp³-hybridized carbons (Fsp3) is 0.294. The minimum atomic E-state index is 0.436. The summed E-state index contributed by atoms with van der Waals surface area (Å²) >= 11 is 3.58. The van der Waals surface area contributed by atoms with Crippen LogP contribution in [0.3, 0.4) is 0 Å². The Hall–Kier alpha value is -1.68. The Morgan fingerprint density at radius 1 is 1.10 bits per heavy atom. The second kappa shape index (κ2) is 6.39. The molecular formula is C17H18BrNO2. The van der Waals surface area contributed by atoms with Gasteiger partial charge in [0.2, 0.25) is 0 Å². The molecule has 0 saturated heterocycles. The van der Waals surface area contributed by atoms with Gasteiger partial charge in [-0.3, -0.25) is 0 Å². The molecule has 4 heteroatoms. The summed E-state index contributed by atoms with van der Waals surface area (Å²) in [5.74, 6) is 2.04. The average Bonchev–Trinajstić information content (AvgIpc) is 2.53. The summed E-state index contributed by atoms with van der Waals surface area (Å²) in [7, 11) is 0. The SMILES string of the molecule is CC(CNc1cc2c(cc1Br)OCCO2)c1ccccc1. The summed E-state index contributed by atoms with van der Waals surface area (Å²) in [6, 6.07) is 14.5. The van der Waals surface area contributed by atoms with Gasteiger partial charge in [0.25, 0.3) is 0 Å². The van der Waals surface area contributed by atoms with Gasteiger partial charge in [-0.1, -0.05) is 37.3 Å². The van der Waals surface area contributed by atoms with Crippen molar-refractivity contribution in [3.8, 4) is 11.5 Å². The van der Waals surface area contributed by atoms with Gasteiger partial charge in [-0.25, -0.2) is 0 Å². The van der Waals surface area contributed by atoms with Crippen LogP contribution in [0.2, 0.25) is 0 Å². The molecule has 0 amide bonds. The molecule has 1 atom stereocenters. The number of halogens is 1. The van der Waals surface area contributed by atoms with Crippen LogP contribution in [0, 0.1) is 0 Å². The molecule has 2 aromatic carbocycles. The summed E-state index contributed by atoms with van der Waals surface area (Å²) in [6.07, 6.45) is 0. The second-order valence-corrected chi connectivity index (χ2v) is 6.02. The molecule has 1 N–H and O–H groups in total. The van der Waals surface area contributed by atoms with Gasteiger partial charge >= 0.3 is 0 Å². The highest BCUT2D eigenvalue weighted by Crippen LogP contribution is 2.38. The van der Waals surface area contributed by atoms with Crippen molar-refractivity contribution in [1.82, 2.24) is 0 Å². The van der Waals surface area contributed by atoms with Crippen molar-refractivity contribution in [1.29, 1.82) is 0 Å². The van der Waals surface area contributed by atoms with Crippen LogP contribution in [-0.2, 0) is 0 Å². The Kier molecular flexibility index (Phi) is 4.34. The van der Waals surface area contributed by atoms with Crippen LogP contribution >= 0.6 is 15.9 Å². The number of ether oxygens (including phenoxy) is 2. The molecule has 1 heterocycles. The standard InChI is InChI=1S/C17H18BrNO2/c1-12(13-5-3-2-4-6-13)11-19-15-10-17-16(9-14(15)18)20-7-8-21-17/h2-6,9-10,12,19H,7-8,11H2,1H3. The van der Waals surface area contributed by atoms with Crippen molar-refractivity contribution >= 4 is 21.6 Å². The largest absolute Gasteiger partial charge is 0.486 e. The molecular weight excluding hydrogens is 330 g/mol. The number of hydrogen-bond donors (Lipinski definition) is 1. The lowest BCUT2D eigenvalue weighted by Gasteiger charge is -2.21. The molecule has 1 aliphatic rings. The van der Waals surface area contributed by atoms with Gasteiger partial charge in [-0.15, -0.1) is 0 Å². The minimum absolute atomic E-state index is 0.436. The zero-order valence-electron chi connectivity index (χ0n) is 11.9. The molecule has 3 nitrogen and oxygen atoms in total. The zero-order valence-corrected chi connectivity index (χ0v) is 13.5. The van der Waals surface area contributed by atoms with Crippen LogP contribution in [0.4, 0.5) is 5.69 Å². The number of benzene rings is 2. The van der Waals surface area contributed by atoms with E-state index in [4.69, 9.17) is 9.47 Å². The summed E-state index contributed by atoms with van der Waals surface area (Å²) in [5, 5.41) is 3.48. The predicted molar refractivity (Wildman–Crippen MR) is 88.5 cm³/mol. The smallest absolute Gasteiger partial charge is 0.163 e. The van der Waals surface area contributed by atoms with Crippen LogP contribution in [0.5, 0.6) is 11.5 Å². The third-order valence-electron chi connectivity index (χ3n) is 3.60. The van der Waals surface area contributed by atoms with E-state index in [1.54, 1.807) is 0 Å². The van der Waals surface area contributed by atoms with Crippen molar-refractivity contribution in [2.75, 3.05) is 25.1 Å². The Balaban J connectivity index is 1.70. The molecule has 1 unspecified atom stereocenters. The molecule has 1 aliphatic heterocycles. The number of hydrogen-bond acceptors (Lipinski definition) is 3. The van der Waals surface area contributed by atoms with Crippen molar-refractivity contribution in [2.24, 2.45) is 0 Å². The number of anilines is 1. The molecule has 0 spiro atoms. The Morgan fingerprint density at radius 2 is 1.76 bits per heavy atom. The van der Waals surface area contributed by atoms with E-state index in [0.29, 0.717) is 19.1 Å².